The number of thiocarbonyl (C=S) groups is 1. The van der Waals surface area contributed by atoms with Crippen LogP contribution in [-0.4, -0.2) is 9.97 Å². The quantitative estimate of drug-likeness (QED) is 0.838. The lowest BCUT2D eigenvalue weighted by atomic mass is 10.2. The van der Waals surface area contributed by atoms with E-state index in [1.807, 2.05) is 30.3 Å². The van der Waals surface area contributed by atoms with E-state index < -0.39 is 0 Å². The molecule has 4 heteroatoms. The highest BCUT2D eigenvalue weighted by Gasteiger charge is 2.05. The van der Waals surface area contributed by atoms with Crippen LogP contribution in [0.3, 0.4) is 0 Å². The SMILES string of the molecule is NC(=S)c1ccncc1OCc1ccccc1. The summed E-state index contributed by atoms with van der Waals surface area (Å²) in [5.74, 6) is 0.615. The number of hydrogen-bond donors (Lipinski definition) is 1. The first-order chi connectivity index (χ1) is 8.27. The van der Waals surface area contributed by atoms with Gasteiger partial charge in [0.05, 0.1) is 11.8 Å². The van der Waals surface area contributed by atoms with E-state index in [1.54, 1.807) is 18.5 Å². The molecule has 3 nitrogen and oxygen atoms in total. The molecule has 17 heavy (non-hydrogen) atoms. The average Bonchev–Trinajstić information content (AvgIpc) is 2.38. The van der Waals surface area contributed by atoms with E-state index in [9.17, 15) is 0 Å². The number of pyridine rings is 1. The highest BCUT2D eigenvalue weighted by Crippen LogP contribution is 2.17. The van der Waals surface area contributed by atoms with Gasteiger partial charge in [-0.2, -0.15) is 0 Å². The molecule has 1 aromatic carbocycles. The maximum atomic E-state index is 5.65. The summed E-state index contributed by atoms with van der Waals surface area (Å²) in [5.41, 5.74) is 7.41. The van der Waals surface area contributed by atoms with Crippen molar-refractivity contribution >= 4 is 17.2 Å². The summed E-state index contributed by atoms with van der Waals surface area (Å²) < 4.78 is 5.65. The van der Waals surface area contributed by atoms with Crippen molar-refractivity contribution in [1.29, 1.82) is 0 Å². The molecular formula is C13H12N2OS. The normalized spacial score (nSPS) is 9.88. The Morgan fingerprint density at radius 2 is 2.00 bits per heavy atom. The van der Waals surface area contributed by atoms with E-state index in [-0.39, 0.29) is 0 Å². The van der Waals surface area contributed by atoms with Crippen LogP contribution in [0, 0.1) is 0 Å². The first kappa shape index (κ1) is 11.5. The van der Waals surface area contributed by atoms with Crippen molar-refractivity contribution in [3.8, 4) is 5.75 Å². The minimum atomic E-state index is 0.315. The highest BCUT2D eigenvalue weighted by atomic mass is 32.1. The maximum absolute atomic E-state index is 5.65. The summed E-state index contributed by atoms with van der Waals surface area (Å²) in [4.78, 5) is 4.32. The molecule has 0 amide bonds. The van der Waals surface area contributed by atoms with E-state index in [1.165, 1.54) is 0 Å². The molecule has 0 bridgehead atoms. The molecule has 86 valence electrons. The van der Waals surface area contributed by atoms with Crippen LogP contribution in [-0.2, 0) is 6.61 Å². The van der Waals surface area contributed by atoms with Gasteiger partial charge in [0.1, 0.15) is 17.3 Å². The van der Waals surface area contributed by atoms with Crippen LogP contribution < -0.4 is 10.5 Å². The van der Waals surface area contributed by atoms with Crippen LogP contribution in [0.4, 0.5) is 0 Å². The first-order valence-electron chi connectivity index (χ1n) is 5.18. The van der Waals surface area contributed by atoms with Crippen molar-refractivity contribution in [2.45, 2.75) is 6.61 Å². The fourth-order valence-corrected chi connectivity index (χ4v) is 1.60. The number of nitrogens with zero attached hydrogens (tertiary/aromatic N) is 1. The van der Waals surface area contributed by atoms with Gasteiger partial charge in [0.25, 0.3) is 0 Å². The summed E-state index contributed by atoms with van der Waals surface area (Å²) in [6, 6.07) is 11.6. The van der Waals surface area contributed by atoms with Gasteiger partial charge in [-0.1, -0.05) is 42.5 Å². The Morgan fingerprint density at radius 1 is 1.24 bits per heavy atom. The number of ether oxygens (including phenoxy) is 1. The van der Waals surface area contributed by atoms with Crippen LogP contribution in [0.5, 0.6) is 5.75 Å². The Hall–Kier alpha value is -1.94. The monoisotopic (exact) mass is 244 g/mol. The van der Waals surface area contributed by atoms with Gasteiger partial charge in [-0.05, 0) is 11.6 Å². The second-order valence-corrected chi connectivity index (χ2v) is 3.95. The second-order valence-electron chi connectivity index (χ2n) is 3.51. The number of aromatic nitrogens is 1. The third-order valence-electron chi connectivity index (χ3n) is 2.29. The first-order valence-corrected chi connectivity index (χ1v) is 5.59. The van der Waals surface area contributed by atoms with Crippen molar-refractivity contribution in [3.05, 3.63) is 59.9 Å². The second kappa shape index (κ2) is 5.41. The zero-order valence-corrected chi connectivity index (χ0v) is 9.98. The minimum Gasteiger partial charge on any atom is -0.487 e. The summed E-state index contributed by atoms with van der Waals surface area (Å²) in [6.07, 6.45) is 3.27. The van der Waals surface area contributed by atoms with E-state index in [0.29, 0.717) is 22.9 Å². The molecule has 2 rings (SSSR count). The van der Waals surface area contributed by atoms with Crippen LogP contribution in [0.2, 0.25) is 0 Å². The molecule has 0 atom stereocenters. The van der Waals surface area contributed by atoms with Crippen molar-refractivity contribution in [3.63, 3.8) is 0 Å². The predicted molar refractivity (Wildman–Crippen MR) is 70.9 cm³/mol. The summed E-state index contributed by atoms with van der Waals surface area (Å²) in [7, 11) is 0. The molecule has 0 saturated heterocycles. The molecule has 2 aromatic rings. The van der Waals surface area contributed by atoms with E-state index in [2.05, 4.69) is 4.98 Å². The molecule has 0 aliphatic rings. The predicted octanol–water partition coefficient (Wildman–Crippen LogP) is 2.29. The van der Waals surface area contributed by atoms with Gasteiger partial charge in [-0.15, -0.1) is 0 Å². The van der Waals surface area contributed by atoms with Crippen LogP contribution >= 0.6 is 12.2 Å². The van der Waals surface area contributed by atoms with E-state index in [4.69, 9.17) is 22.7 Å². The molecule has 2 N–H and O–H groups in total. The molecule has 1 heterocycles. The summed E-state index contributed by atoms with van der Waals surface area (Å²) in [6.45, 7) is 0.474. The summed E-state index contributed by atoms with van der Waals surface area (Å²) in [5, 5.41) is 0. The van der Waals surface area contributed by atoms with Gasteiger partial charge in [0.2, 0.25) is 0 Å². The molecular weight excluding hydrogens is 232 g/mol. The third-order valence-corrected chi connectivity index (χ3v) is 2.51. The Bertz CT molecular complexity index is 514. The zero-order chi connectivity index (χ0) is 12.1. The van der Waals surface area contributed by atoms with E-state index >= 15 is 0 Å². The number of nitrogens with two attached hydrogens (primary N) is 1. The van der Waals surface area contributed by atoms with Gasteiger partial charge in [0, 0.05) is 6.20 Å². The van der Waals surface area contributed by atoms with Crippen LogP contribution in [0.1, 0.15) is 11.1 Å². The van der Waals surface area contributed by atoms with Crippen molar-refractivity contribution in [2.24, 2.45) is 5.73 Å². The average molecular weight is 244 g/mol. The number of benzene rings is 1. The molecule has 0 aliphatic carbocycles. The molecule has 0 spiro atoms. The number of rotatable bonds is 4. The van der Waals surface area contributed by atoms with Crippen LogP contribution in [0.15, 0.2) is 48.8 Å². The van der Waals surface area contributed by atoms with Crippen molar-refractivity contribution in [1.82, 2.24) is 4.98 Å². The topological polar surface area (TPSA) is 48.1 Å². The summed E-state index contributed by atoms with van der Waals surface area (Å²) >= 11 is 4.95. The molecule has 1 aromatic heterocycles. The Kier molecular flexibility index (Phi) is 3.67. The van der Waals surface area contributed by atoms with Crippen LogP contribution in [0.25, 0.3) is 0 Å². The molecule has 0 aliphatic heterocycles. The molecule has 0 fully saturated rings. The van der Waals surface area contributed by atoms with Crippen molar-refractivity contribution < 1.29 is 4.74 Å². The standard InChI is InChI=1S/C13H12N2OS/c14-13(17)11-6-7-15-8-12(11)16-9-10-4-2-1-3-5-10/h1-8H,9H2,(H2,14,17). The van der Waals surface area contributed by atoms with E-state index in [0.717, 1.165) is 5.56 Å². The third kappa shape index (κ3) is 3.01. The zero-order valence-electron chi connectivity index (χ0n) is 9.17. The lowest BCUT2D eigenvalue weighted by molar-refractivity contribution is 0.304. The molecule has 0 saturated carbocycles. The smallest absolute Gasteiger partial charge is 0.148 e. The lowest BCUT2D eigenvalue weighted by Crippen LogP contribution is -2.11. The Balaban J connectivity index is 2.12. The number of hydrogen-bond acceptors (Lipinski definition) is 3. The lowest BCUT2D eigenvalue weighted by Gasteiger charge is -2.09. The van der Waals surface area contributed by atoms with Gasteiger partial charge in [-0.25, -0.2) is 0 Å². The van der Waals surface area contributed by atoms with Gasteiger partial charge >= 0.3 is 0 Å². The fraction of sp³-hybridized carbons (Fsp3) is 0.0769. The van der Waals surface area contributed by atoms with Gasteiger partial charge in [0.15, 0.2) is 0 Å². The molecule has 0 unspecified atom stereocenters. The van der Waals surface area contributed by atoms with Gasteiger partial charge < -0.3 is 10.5 Å². The molecule has 0 radical (unpaired) electrons. The van der Waals surface area contributed by atoms with Gasteiger partial charge in [-0.3, -0.25) is 4.98 Å². The largest absolute Gasteiger partial charge is 0.487 e. The maximum Gasteiger partial charge on any atom is 0.148 e. The fourth-order valence-electron chi connectivity index (χ4n) is 1.43. The highest BCUT2D eigenvalue weighted by molar-refractivity contribution is 7.80. The minimum absolute atomic E-state index is 0.315. The van der Waals surface area contributed by atoms with Crippen molar-refractivity contribution in [2.75, 3.05) is 0 Å². The Morgan fingerprint density at radius 3 is 2.71 bits per heavy atom. The Labute approximate surface area is 105 Å².